The molecule has 6 nitrogen and oxygen atoms in total. The van der Waals surface area contributed by atoms with Crippen molar-refractivity contribution in [1.82, 2.24) is 9.97 Å². The van der Waals surface area contributed by atoms with Crippen LogP contribution in [0, 0.1) is 11.6 Å². The molecule has 8 heteroatoms. The standard InChI is InChI=1S/C19H14F2N4O2/c1-11(26)12-3-2-4-13(7-12)24-18-9-17(22-10-23-18)19(27)25-14-5-6-15(20)16(21)8-14/h2-10H,1H3,(H,25,27)(H,22,23,24). The van der Waals surface area contributed by atoms with Gasteiger partial charge in [-0.3, -0.25) is 9.59 Å². The number of benzene rings is 2. The van der Waals surface area contributed by atoms with Crippen molar-refractivity contribution in [2.75, 3.05) is 10.6 Å². The molecule has 2 N–H and O–H groups in total. The topological polar surface area (TPSA) is 84.0 Å². The van der Waals surface area contributed by atoms with E-state index in [0.717, 1.165) is 12.1 Å². The van der Waals surface area contributed by atoms with Gasteiger partial charge in [0.15, 0.2) is 17.4 Å². The van der Waals surface area contributed by atoms with Crippen molar-refractivity contribution in [3.05, 3.63) is 77.8 Å². The number of hydrogen-bond donors (Lipinski definition) is 2. The lowest BCUT2D eigenvalue weighted by atomic mass is 10.1. The summed E-state index contributed by atoms with van der Waals surface area (Å²) in [5.74, 6) is -2.42. The number of aromatic nitrogens is 2. The molecular formula is C19H14F2N4O2. The lowest BCUT2D eigenvalue weighted by molar-refractivity contribution is 0.101. The predicted molar refractivity (Wildman–Crippen MR) is 96.1 cm³/mol. The molecule has 136 valence electrons. The zero-order chi connectivity index (χ0) is 19.4. The Kier molecular flexibility index (Phi) is 5.16. The molecule has 0 radical (unpaired) electrons. The fraction of sp³-hybridized carbons (Fsp3) is 0.0526. The highest BCUT2D eigenvalue weighted by Gasteiger charge is 2.11. The van der Waals surface area contributed by atoms with E-state index >= 15 is 0 Å². The maximum absolute atomic E-state index is 13.2. The molecule has 27 heavy (non-hydrogen) atoms. The minimum atomic E-state index is -1.07. The van der Waals surface area contributed by atoms with Crippen LogP contribution >= 0.6 is 0 Å². The Hall–Kier alpha value is -3.68. The van der Waals surface area contributed by atoms with E-state index in [2.05, 4.69) is 20.6 Å². The van der Waals surface area contributed by atoms with Crippen LogP contribution in [0.4, 0.5) is 26.0 Å². The van der Waals surface area contributed by atoms with Crippen molar-refractivity contribution in [3.8, 4) is 0 Å². The molecule has 0 aliphatic carbocycles. The van der Waals surface area contributed by atoms with Crippen LogP contribution in [0.3, 0.4) is 0 Å². The second-order valence-corrected chi connectivity index (χ2v) is 5.63. The largest absolute Gasteiger partial charge is 0.340 e. The van der Waals surface area contributed by atoms with Crippen LogP contribution in [0.1, 0.15) is 27.8 Å². The maximum Gasteiger partial charge on any atom is 0.274 e. The summed E-state index contributed by atoms with van der Waals surface area (Å²) in [5.41, 5.74) is 1.28. The van der Waals surface area contributed by atoms with E-state index < -0.39 is 17.5 Å². The molecule has 0 atom stereocenters. The fourth-order valence-corrected chi connectivity index (χ4v) is 2.28. The van der Waals surface area contributed by atoms with E-state index in [1.54, 1.807) is 24.3 Å². The maximum atomic E-state index is 13.2. The summed E-state index contributed by atoms with van der Waals surface area (Å²) in [4.78, 5) is 31.6. The third kappa shape index (κ3) is 4.49. The summed E-state index contributed by atoms with van der Waals surface area (Å²) in [7, 11) is 0. The monoisotopic (exact) mass is 368 g/mol. The molecule has 0 aliphatic heterocycles. The average molecular weight is 368 g/mol. The summed E-state index contributed by atoms with van der Waals surface area (Å²) in [6.45, 7) is 1.46. The van der Waals surface area contributed by atoms with Crippen molar-refractivity contribution in [3.63, 3.8) is 0 Å². The van der Waals surface area contributed by atoms with E-state index in [1.165, 1.54) is 25.4 Å². The zero-order valence-corrected chi connectivity index (χ0v) is 14.2. The van der Waals surface area contributed by atoms with Crippen LogP contribution < -0.4 is 10.6 Å². The fourth-order valence-electron chi connectivity index (χ4n) is 2.28. The van der Waals surface area contributed by atoms with E-state index in [9.17, 15) is 18.4 Å². The minimum Gasteiger partial charge on any atom is -0.340 e. The molecule has 0 bridgehead atoms. The summed E-state index contributed by atoms with van der Waals surface area (Å²) in [6, 6.07) is 11.2. The lowest BCUT2D eigenvalue weighted by Crippen LogP contribution is -2.14. The zero-order valence-electron chi connectivity index (χ0n) is 14.2. The Labute approximate surface area is 153 Å². The molecule has 3 rings (SSSR count). The molecular weight excluding hydrogens is 354 g/mol. The van der Waals surface area contributed by atoms with E-state index in [-0.39, 0.29) is 17.2 Å². The van der Waals surface area contributed by atoms with Gasteiger partial charge in [-0.15, -0.1) is 0 Å². The molecule has 0 unspecified atom stereocenters. The van der Waals surface area contributed by atoms with Gasteiger partial charge in [-0.05, 0) is 31.2 Å². The van der Waals surface area contributed by atoms with Gasteiger partial charge in [-0.25, -0.2) is 18.7 Å². The van der Waals surface area contributed by atoms with Gasteiger partial charge in [-0.2, -0.15) is 0 Å². The summed E-state index contributed by atoms with van der Waals surface area (Å²) < 4.78 is 26.2. The molecule has 0 fully saturated rings. The molecule has 1 amide bonds. The summed E-state index contributed by atoms with van der Waals surface area (Å²) in [6.07, 6.45) is 1.19. The van der Waals surface area contributed by atoms with Gasteiger partial charge in [-0.1, -0.05) is 12.1 Å². The number of nitrogens with one attached hydrogen (secondary N) is 2. The van der Waals surface area contributed by atoms with Crippen LogP contribution in [0.15, 0.2) is 54.9 Å². The van der Waals surface area contributed by atoms with Crippen molar-refractivity contribution in [1.29, 1.82) is 0 Å². The molecule has 0 saturated carbocycles. The quantitative estimate of drug-likeness (QED) is 0.666. The number of rotatable bonds is 5. The van der Waals surface area contributed by atoms with Crippen LogP contribution in [0.2, 0.25) is 0 Å². The first-order valence-electron chi connectivity index (χ1n) is 7.89. The van der Waals surface area contributed by atoms with Gasteiger partial charge in [0.1, 0.15) is 17.8 Å². The number of ketones is 1. The Morgan fingerprint density at radius 3 is 2.48 bits per heavy atom. The molecule has 3 aromatic rings. The Bertz CT molecular complexity index is 1020. The van der Waals surface area contributed by atoms with Gasteiger partial charge in [0, 0.05) is 29.1 Å². The number of nitrogens with zero attached hydrogens (tertiary/aromatic N) is 2. The van der Waals surface area contributed by atoms with Gasteiger partial charge >= 0.3 is 0 Å². The third-order valence-electron chi connectivity index (χ3n) is 3.62. The molecule has 2 aromatic carbocycles. The second kappa shape index (κ2) is 7.69. The number of Topliss-reactive ketones (excluding diaryl/α,β-unsaturated/α-hetero) is 1. The first kappa shape index (κ1) is 18.1. The second-order valence-electron chi connectivity index (χ2n) is 5.63. The highest BCUT2D eigenvalue weighted by Crippen LogP contribution is 2.18. The van der Waals surface area contributed by atoms with Gasteiger partial charge in [0.2, 0.25) is 0 Å². The Morgan fingerprint density at radius 2 is 1.74 bits per heavy atom. The number of halogens is 2. The molecule has 0 spiro atoms. The average Bonchev–Trinajstić information content (AvgIpc) is 2.65. The highest BCUT2D eigenvalue weighted by atomic mass is 19.2. The minimum absolute atomic E-state index is 0.0277. The number of amides is 1. The van der Waals surface area contributed by atoms with E-state index in [4.69, 9.17) is 0 Å². The van der Waals surface area contributed by atoms with E-state index in [0.29, 0.717) is 17.1 Å². The van der Waals surface area contributed by atoms with E-state index in [1.807, 2.05) is 0 Å². The first-order chi connectivity index (χ1) is 12.9. The van der Waals surface area contributed by atoms with Crippen molar-refractivity contribution in [2.45, 2.75) is 6.92 Å². The van der Waals surface area contributed by atoms with Crippen LogP contribution in [-0.4, -0.2) is 21.7 Å². The van der Waals surface area contributed by atoms with Crippen molar-refractivity contribution in [2.24, 2.45) is 0 Å². The van der Waals surface area contributed by atoms with Crippen molar-refractivity contribution >= 4 is 28.9 Å². The molecule has 0 aliphatic rings. The van der Waals surface area contributed by atoms with Gasteiger partial charge in [0.05, 0.1) is 0 Å². The number of carbonyl (C=O) groups is 2. The third-order valence-corrected chi connectivity index (χ3v) is 3.62. The van der Waals surface area contributed by atoms with Crippen LogP contribution in [-0.2, 0) is 0 Å². The highest BCUT2D eigenvalue weighted by molar-refractivity contribution is 6.03. The predicted octanol–water partition coefficient (Wildman–Crippen LogP) is 3.95. The number of hydrogen-bond acceptors (Lipinski definition) is 5. The Morgan fingerprint density at radius 1 is 0.926 bits per heavy atom. The summed E-state index contributed by atoms with van der Waals surface area (Å²) in [5, 5.41) is 5.42. The summed E-state index contributed by atoms with van der Waals surface area (Å²) >= 11 is 0. The molecule has 0 saturated heterocycles. The van der Waals surface area contributed by atoms with Crippen LogP contribution in [0.25, 0.3) is 0 Å². The molecule has 1 aromatic heterocycles. The number of carbonyl (C=O) groups excluding carboxylic acids is 2. The smallest absolute Gasteiger partial charge is 0.274 e. The van der Waals surface area contributed by atoms with Gasteiger partial charge < -0.3 is 10.6 Å². The lowest BCUT2D eigenvalue weighted by Gasteiger charge is -2.08. The molecule has 1 heterocycles. The van der Waals surface area contributed by atoms with Gasteiger partial charge in [0.25, 0.3) is 5.91 Å². The van der Waals surface area contributed by atoms with Crippen molar-refractivity contribution < 1.29 is 18.4 Å². The number of anilines is 3. The normalized spacial score (nSPS) is 10.3. The SMILES string of the molecule is CC(=O)c1cccc(Nc2cc(C(=O)Nc3ccc(F)c(F)c3)ncn2)c1. The Balaban J connectivity index is 1.76. The van der Waals surface area contributed by atoms with Crippen LogP contribution in [0.5, 0.6) is 0 Å². The first-order valence-corrected chi connectivity index (χ1v) is 7.89.